The highest BCUT2D eigenvalue weighted by atomic mass is 19.1. The van der Waals surface area contributed by atoms with Crippen LogP contribution in [0.2, 0.25) is 0 Å². The van der Waals surface area contributed by atoms with E-state index in [1.54, 1.807) is 26.1 Å². The Labute approximate surface area is 152 Å². The Morgan fingerprint density at radius 1 is 1.23 bits per heavy atom. The van der Waals surface area contributed by atoms with Crippen LogP contribution in [0.4, 0.5) is 8.78 Å². The summed E-state index contributed by atoms with van der Waals surface area (Å²) in [4.78, 5) is 9.53. The molecule has 2 atom stereocenters. The van der Waals surface area contributed by atoms with Crippen molar-refractivity contribution in [3.8, 4) is 0 Å². The van der Waals surface area contributed by atoms with E-state index < -0.39 is 11.6 Å². The van der Waals surface area contributed by atoms with Crippen LogP contribution >= 0.6 is 0 Å². The molecule has 3 aromatic rings. The number of fused-ring (bicyclic) bond motifs is 3. The molecule has 1 aromatic carbocycles. The van der Waals surface area contributed by atoms with Crippen LogP contribution in [0.25, 0.3) is 10.9 Å². The molecule has 5 heteroatoms. The number of benzene rings is 1. The zero-order valence-corrected chi connectivity index (χ0v) is 15.3. The number of hydrogen-bond donors (Lipinski definition) is 1. The lowest BCUT2D eigenvalue weighted by molar-refractivity contribution is 0.0666. The second-order valence-electron chi connectivity index (χ2n) is 7.82. The maximum Gasteiger partial charge on any atom is 0.212 e. The van der Waals surface area contributed by atoms with Gasteiger partial charge in [-0.2, -0.15) is 4.39 Å². The number of rotatable bonds is 3. The van der Waals surface area contributed by atoms with Crippen LogP contribution in [0.5, 0.6) is 0 Å². The van der Waals surface area contributed by atoms with Crippen LogP contribution in [0.15, 0.2) is 42.6 Å². The lowest BCUT2D eigenvalue weighted by Gasteiger charge is -2.42. The molecule has 4 rings (SSSR count). The van der Waals surface area contributed by atoms with Crippen molar-refractivity contribution in [1.82, 2.24) is 14.9 Å². The minimum atomic E-state index is -1.33. The molecule has 0 spiro atoms. The predicted molar refractivity (Wildman–Crippen MR) is 99.4 cm³/mol. The van der Waals surface area contributed by atoms with Gasteiger partial charge >= 0.3 is 0 Å². The van der Waals surface area contributed by atoms with Gasteiger partial charge in [0.2, 0.25) is 5.95 Å². The summed E-state index contributed by atoms with van der Waals surface area (Å²) in [6.45, 7) is 5.62. The predicted octanol–water partition coefficient (Wildman–Crippen LogP) is 4.79. The Kier molecular flexibility index (Phi) is 4.07. The maximum absolute atomic E-state index is 14.6. The first kappa shape index (κ1) is 17.2. The molecule has 26 heavy (non-hydrogen) atoms. The van der Waals surface area contributed by atoms with Crippen molar-refractivity contribution < 1.29 is 8.78 Å². The van der Waals surface area contributed by atoms with Crippen molar-refractivity contribution in [2.24, 2.45) is 0 Å². The van der Waals surface area contributed by atoms with Gasteiger partial charge in [0.1, 0.15) is 5.67 Å². The van der Waals surface area contributed by atoms with Gasteiger partial charge < -0.3 is 4.98 Å². The first-order valence-electron chi connectivity index (χ1n) is 8.99. The number of hydrogen-bond acceptors (Lipinski definition) is 2. The van der Waals surface area contributed by atoms with E-state index in [1.165, 1.54) is 17.0 Å². The van der Waals surface area contributed by atoms with E-state index in [-0.39, 0.29) is 12.1 Å². The van der Waals surface area contributed by atoms with Gasteiger partial charge in [0.05, 0.1) is 6.04 Å². The zero-order valence-electron chi connectivity index (χ0n) is 15.3. The Morgan fingerprint density at radius 2 is 2.00 bits per heavy atom. The molecule has 1 unspecified atom stereocenters. The van der Waals surface area contributed by atoms with E-state index in [1.807, 2.05) is 12.1 Å². The summed E-state index contributed by atoms with van der Waals surface area (Å²) in [6, 6.07) is 11.3. The highest BCUT2D eigenvalue weighted by Crippen LogP contribution is 2.41. The summed E-state index contributed by atoms with van der Waals surface area (Å²) >= 11 is 0. The fraction of sp³-hybridized carbons (Fsp3) is 0.381. The number of para-hydroxylation sites is 1. The van der Waals surface area contributed by atoms with Crippen LogP contribution in [0.1, 0.15) is 43.6 Å². The fourth-order valence-electron chi connectivity index (χ4n) is 4.10. The molecule has 3 heterocycles. The smallest absolute Gasteiger partial charge is 0.212 e. The van der Waals surface area contributed by atoms with Crippen LogP contribution in [-0.4, -0.2) is 33.1 Å². The molecule has 1 aliphatic rings. The van der Waals surface area contributed by atoms with Gasteiger partial charge in [-0.05, 0) is 50.5 Å². The number of H-pyrrole nitrogens is 1. The van der Waals surface area contributed by atoms with Crippen LogP contribution < -0.4 is 0 Å². The van der Waals surface area contributed by atoms with Gasteiger partial charge in [-0.15, -0.1) is 0 Å². The molecule has 0 fully saturated rings. The largest absolute Gasteiger partial charge is 0.357 e. The summed E-state index contributed by atoms with van der Waals surface area (Å²) in [5.41, 5.74) is 2.93. The monoisotopic (exact) mass is 355 g/mol. The third kappa shape index (κ3) is 3.01. The summed E-state index contributed by atoms with van der Waals surface area (Å²) in [6.07, 6.45) is 2.41. The second-order valence-corrected chi connectivity index (χ2v) is 7.82. The molecule has 3 nitrogen and oxygen atoms in total. The van der Waals surface area contributed by atoms with E-state index in [0.717, 1.165) is 23.2 Å². The van der Waals surface area contributed by atoms with Gasteiger partial charge in [0.25, 0.3) is 0 Å². The number of nitrogens with zero attached hydrogens (tertiary/aromatic N) is 2. The number of aromatic nitrogens is 2. The van der Waals surface area contributed by atoms with Crippen molar-refractivity contribution in [2.75, 3.05) is 6.54 Å². The Bertz CT molecular complexity index is 925. The van der Waals surface area contributed by atoms with Crippen LogP contribution in [0.3, 0.4) is 0 Å². The van der Waals surface area contributed by atoms with Gasteiger partial charge in [-0.1, -0.05) is 24.3 Å². The molecule has 1 N–H and O–H groups in total. The molecule has 0 amide bonds. The molecule has 136 valence electrons. The highest BCUT2D eigenvalue weighted by Gasteiger charge is 2.38. The SMILES string of the molecule is C[C@@H]1Cc2c([nH]c3ccccc23)C(c2ccc(F)nc2)N1CC(C)(C)F. The van der Waals surface area contributed by atoms with Crippen molar-refractivity contribution in [3.63, 3.8) is 0 Å². The quantitative estimate of drug-likeness (QED) is 0.685. The van der Waals surface area contributed by atoms with Crippen molar-refractivity contribution in [1.29, 1.82) is 0 Å². The Morgan fingerprint density at radius 3 is 2.69 bits per heavy atom. The Balaban J connectivity index is 1.90. The highest BCUT2D eigenvalue weighted by molar-refractivity contribution is 5.85. The third-order valence-corrected chi connectivity index (χ3v) is 5.14. The first-order chi connectivity index (χ1) is 12.3. The maximum atomic E-state index is 14.6. The molecule has 0 saturated carbocycles. The van der Waals surface area contributed by atoms with Gasteiger partial charge in [0, 0.05) is 35.4 Å². The van der Waals surface area contributed by atoms with Gasteiger partial charge in [-0.3, -0.25) is 4.90 Å². The minimum absolute atomic E-state index is 0.159. The molecular weight excluding hydrogens is 332 g/mol. The fourth-order valence-corrected chi connectivity index (χ4v) is 4.10. The summed E-state index contributed by atoms with van der Waals surface area (Å²) in [5, 5.41) is 1.20. The average Bonchev–Trinajstić information content (AvgIpc) is 2.94. The van der Waals surface area contributed by atoms with E-state index >= 15 is 0 Å². The molecule has 0 saturated heterocycles. The van der Waals surface area contributed by atoms with Gasteiger partial charge in [0.15, 0.2) is 0 Å². The van der Waals surface area contributed by atoms with E-state index in [9.17, 15) is 8.78 Å². The molecular formula is C21H23F2N3. The standard InChI is InChI=1S/C21H23F2N3/c1-13-10-16-15-6-4-5-7-17(15)25-19(16)20(26(13)12-21(2,3)23)14-8-9-18(22)24-11-14/h4-9,11,13,20,25H,10,12H2,1-3H3/t13-,20?/m1/s1. The topological polar surface area (TPSA) is 31.9 Å². The summed E-state index contributed by atoms with van der Waals surface area (Å²) in [7, 11) is 0. The van der Waals surface area contributed by atoms with Gasteiger partial charge in [-0.25, -0.2) is 9.37 Å². The number of alkyl halides is 1. The van der Waals surface area contributed by atoms with E-state index in [0.29, 0.717) is 6.54 Å². The van der Waals surface area contributed by atoms with Crippen molar-refractivity contribution in [2.45, 2.75) is 44.9 Å². The average molecular weight is 355 g/mol. The van der Waals surface area contributed by atoms with Crippen LogP contribution in [0, 0.1) is 5.95 Å². The number of aromatic amines is 1. The molecule has 0 bridgehead atoms. The molecule has 0 radical (unpaired) electrons. The van der Waals surface area contributed by atoms with Crippen molar-refractivity contribution >= 4 is 10.9 Å². The van der Waals surface area contributed by atoms with E-state index in [4.69, 9.17) is 0 Å². The first-order valence-corrected chi connectivity index (χ1v) is 8.99. The lowest BCUT2D eigenvalue weighted by Crippen LogP contribution is -2.47. The third-order valence-electron chi connectivity index (χ3n) is 5.14. The molecule has 0 aliphatic carbocycles. The molecule has 2 aromatic heterocycles. The second kappa shape index (κ2) is 6.16. The normalized spacial score (nSPS) is 21.1. The number of halogens is 2. The summed E-state index contributed by atoms with van der Waals surface area (Å²) < 4.78 is 27.9. The van der Waals surface area contributed by atoms with E-state index in [2.05, 4.69) is 33.9 Å². The molecule has 1 aliphatic heterocycles. The lowest BCUT2D eigenvalue weighted by atomic mass is 9.88. The number of nitrogens with one attached hydrogen (secondary N) is 1. The zero-order chi connectivity index (χ0) is 18.5. The number of pyridine rings is 1. The minimum Gasteiger partial charge on any atom is -0.357 e. The van der Waals surface area contributed by atoms with Crippen molar-refractivity contribution in [3.05, 3.63) is 65.4 Å². The summed E-state index contributed by atoms with van der Waals surface area (Å²) in [5.74, 6) is -0.508. The van der Waals surface area contributed by atoms with Crippen LogP contribution in [-0.2, 0) is 6.42 Å². The Hall–Kier alpha value is -2.27.